The molecule has 8 heteroatoms. The molecule has 7 nitrogen and oxygen atoms in total. The molecule has 0 spiro atoms. The lowest BCUT2D eigenvalue weighted by molar-refractivity contribution is 0.0945. The number of rotatable bonds is 5. The summed E-state index contributed by atoms with van der Waals surface area (Å²) in [6.07, 6.45) is 1.57. The topological polar surface area (TPSA) is 86.1 Å². The molecule has 3 heterocycles. The zero-order valence-corrected chi connectivity index (χ0v) is 16.0. The van der Waals surface area contributed by atoms with Gasteiger partial charge in [0.2, 0.25) is 0 Å². The van der Waals surface area contributed by atoms with Crippen molar-refractivity contribution in [2.45, 2.75) is 20.4 Å². The molecule has 3 aromatic heterocycles. The molecule has 0 aliphatic rings. The van der Waals surface area contributed by atoms with Crippen molar-refractivity contribution in [1.29, 1.82) is 0 Å². The molecule has 0 aliphatic carbocycles. The lowest BCUT2D eigenvalue weighted by Crippen LogP contribution is -2.24. The van der Waals surface area contributed by atoms with Crippen LogP contribution in [0.1, 0.15) is 27.5 Å². The maximum atomic E-state index is 12.7. The summed E-state index contributed by atoms with van der Waals surface area (Å²) in [6, 6.07) is 12.5. The molecule has 0 atom stereocenters. The number of benzene rings is 1. The number of aryl methyl sites for hydroxylation is 2. The van der Waals surface area contributed by atoms with Crippen LogP contribution in [0.2, 0.25) is 5.02 Å². The van der Waals surface area contributed by atoms with Gasteiger partial charge in [-0.05, 0) is 44.2 Å². The second kappa shape index (κ2) is 7.36. The number of carbonyl (C=O) groups is 1. The molecule has 1 N–H and O–H groups in total. The third-order valence-electron chi connectivity index (χ3n) is 4.38. The Morgan fingerprint density at radius 2 is 2.07 bits per heavy atom. The molecular weight excluding hydrogens is 380 g/mol. The maximum Gasteiger partial charge on any atom is 0.272 e. The predicted molar refractivity (Wildman–Crippen MR) is 103 cm³/mol. The smallest absolute Gasteiger partial charge is 0.272 e. The second-order valence-corrected chi connectivity index (χ2v) is 6.71. The van der Waals surface area contributed by atoms with E-state index in [-0.39, 0.29) is 11.6 Å². The summed E-state index contributed by atoms with van der Waals surface area (Å²) in [4.78, 5) is 12.7. The number of hydrogen-bond acceptors (Lipinski definition) is 5. The van der Waals surface area contributed by atoms with Crippen LogP contribution in [0, 0.1) is 13.8 Å². The molecule has 0 saturated heterocycles. The van der Waals surface area contributed by atoms with Crippen molar-refractivity contribution in [1.82, 2.24) is 20.3 Å². The number of amides is 1. The van der Waals surface area contributed by atoms with Gasteiger partial charge >= 0.3 is 0 Å². The van der Waals surface area contributed by atoms with Crippen LogP contribution < -0.4 is 5.32 Å². The summed E-state index contributed by atoms with van der Waals surface area (Å²) in [6.45, 7) is 3.95. The molecule has 0 saturated carbocycles. The van der Waals surface area contributed by atoms with Crippen molar-refractivity contribution in [3.63, 3.8) is 0 Å². The first-order valence-electron chi connectivity index (χ1n) is 8.63. The van der Waals surface area contributed by atoms with E-state index < -0.39 is 0 Å². The van der Waals surface area contributed by atoms with Gasteiger partial charge in [0.15, 0.2) is 11.5 Å². The fourth-order valence-corrected chi connectivity index (χ4v) is 3.09. The third kappa shape index (κ3) is 3.44. The summed E-state index contributed by atoms with van der Waals surface area (Å²) in [7, 11) is 0. The minimum absolute atomic E-state index is 0.262. The summed E-state index contributed by atoms with van der Waals surface area (Å²) in [5.41, 5.74) is 3.24. The molecule has 28 heavy (non-hydrogen) atoms. The lowest BCUT2D eigenvalue weighted by Gasteiger charge is -2.06. The summed E-state index contributed by atoms with van der Waals surface area (Å²) >= 11 is 6.12. The van der Waals surface area contributed by atoms with Crippen molar-refractivity contribution < 1.29 is 13.7 Å². The second-order valence-electron chi connectivity index (χ2n) is 6.27. The minimum atomic E-state index is -0.311. The van der Waals surface area contributed by atoms with Crippen molar-refractivity contribution in [3.8, 4) is 17.1 Å². The minimum Gasteiger partial charge on any atom is -0.463 e. The van der Waals surface area contributed by atoms with E-state index in [0.29, 0.717) is 28.8 Å². The lowest BCUT2D eigenvalue weighted by atomic mass is 10.2. The first kappa shape index (κ1) is 18.1. The van der Waals surface area contributed by atoms with Gasteiger partial charge in [-0.2, -0.15) is 5.10 Å². The van der Waals surface area contributed by atoms with Crippen LogP contribution in [0.15, 0.2) is 57.7 Å². The van der Waals surface area contributed by atoms with Gasteiger partial charge in [-0.15, -0.1) is 0 Å². The zero-order valence-electron chi connectivity index (χ0n) is 15.3. The predicted octanol–water partition coefficient (Wildman–Crippen LogP) is 4.32. The molecule has 4 rings (SSSR count). The van der Waals surface area contributed by atoms with Gasteiger partial charge in [0.1, 0.15) is 11.5 Å². The Kier molecular flexibility index (Phi) is 4.75. The van der Waals surface area contributed by atoms with Crippen molar-refractivity contribution in [3.05, 3.63) is 76.5 Å². The monoisotopic (exact) mass is 396 g/mol. The van der Waals surface area contributed by atoms with Gasteiger partial charge in [0.05, 0.1) is 17.6 Å². The summed E-state index contributed by atoms with van der Waals surface area (Å²) < 4.78 is 12.3. The molecule has 0 fully saturated rings. The highest BCUT2D eigenvalue weighted by Gasteiger charge is 2.19. The number of furan rings is 1. The van der Waals surface area contributed by atoms with Gasteiger partial charge in [0.25, 0.3) is 5.91 Å². The number of halogens is 1. The van der Waals surface area contributed by atoms with E-state index in [0.717, 1.165) is 16.9 Å². The quantitative estimate of drug-likeness (QED) is 0.543. The Morgan fingerprint density at radius 1 is 1.21 bits per heavy atom. The van der Waals surface area contributed by atoms with E-state index in [1.165, 1.54) is 0 Å². The maximum absolute atomic E-state index is 12.7. The largest absolute Gasteiger partial charge is 0.463 e. The number of carbonyl (C=O) groups excluding carboxylic acids is 1. The van der Waals surface area contributed by atoms with Crippen LogP contribution >= 0.6 is 11.6 Å². The van der Waals surface area contributed by atoms with E-state index in [2.05, 4.69) is 15.6 Å². The zero-order chi connectivity index (χ0) is 19.7. The van der Waals surface area contributed by atoms with Crippen LogP contribution in [-0.2, 0) is 6.54 Å². The van der Waals surface area contributed by atoms with Crippen LogP contribution in [0.5, 0.6) is 0 Å². The van der Waals surface area contributed by atoms with Crippen LogP contribution in [0.4, 0.5) is 0 Å². The molecule has 0 aliphatic heterocycles. The van der Waals surface area contributed by atoms with E-state index in [1.54, 1.807) is 35.2 Å². The van der Waals surface area contributed by atoms with Crippen LogP contribution in [0.25, 0.3) is 17.1 Å². The number of hydrogen-bond donors (Lipinski definition) is 1. The van der Waals surface area contributed by atoms with Crippen molar-refractivity contribution >= 4 is 17.5 Å². The molecule has 0 bridgehead atoms. The molecule has 1 aromatic carbocycles. The normalized spacial score (nSPS) is 11.0. The van der Waals surface area contributed by atoms with Gasteiger partial charge in [-0.25, -0.2) is 4.68 Å². The molecule has 142 valence electrons. The Balaban J connectivity index is 1.66. The first-order chi connectivity index (χ1) is 13.5. The highest BCUT2D eigenvalue weighted by molar-refractivity contribution is 6.30. The molecule has 0 radical (unpaired) electrons. The van der Waals surface area contributed by atoms with Gasteiger partial charge in [-0.3, -0.25) is 4.79 Å². The Bertz CT molecular complexity index is 1110. The fraction of sp³-hybridized carbons (Fsp3) is 0.150. The molecule has 0 unspecified atom stereocenters. The van der Waals surface area contributed by atoms with Crippen LogP contribution in [-0.4, -0.2) is 20.8 Å². The highest BCUT2D eigenvalue weighted by Crippen LogP contribution is 2.26. The Hall–Kier alpha value is -3.32. The van der Waals surface area contributed by atoms with E-state index >= 15 is 0 Å². The molecule has 4 aromatic rings. The summed E-state index contributed by atoms with van der Waals surface area (Å²) in [5.74, 6) is 0.962. The number of aromatic nitrogens is 3. The highest BCUT2D eigenvalue weighted by atomic mass is 35.5. The molecular formula is C20H17ClN4O3. The fourth-order valence-electron chi connectivity index (χ4n) is 2.91. The Labute approximate surface area is 165 Å². The van der Waals surface area contributed by atoms with Crippen LogP contribution in [0.3, 0.4) is 0 Å². The van der Waals surface area contributed by atoms with Crippen molar-refractivity contribution in [2.24, 2.45) is 0 Å². The van der Waals surface area contributed by atoms with E-state index in [1.807, 2.05) is 32.0 Å². The first-order valence-corrected chi connectivity index (χ1v) is 9.00. The summed E-state index contributed by atoms with van der Waals surface area (Å²) in [5, 5.41) is 11.8. The Morgan fingerprint density at radius 3 is 2.75 bits per heavy atom. The van der Waals surface area contributed by atoms with Gasteiger partial charge in [-0.1, -0.05) is 22.8 Å². The van der Waals surface area contributed by atoms with E-state index in [4.69, 9.17) is 20.5 Å². The molecule has 1 amide bonds. The SMILES string of the molecule is Cc1noc(C)c1CNC(=O)c1cc(-c2ccco2)n(-c2cccc(Cl)c2)n1. The van der Waals surface area contributed by atoms with Crippen molar-refractivity contribution in [2.75, 3.05) is 0 Å². The standard InChI is InChI=1S/C20H17ClN4O3/c1-12-16(13(2)28-24-12)11-22-20(26)17-10-18(19-7-4-8-27-19)25(23-17)15-6-3-5-14(21)9-15/h3-10H,11H2,1-2H3,(H,22,26). The van der Waals surface area contributed by atoms with E-state index in [9.17, 15) is 4.79 Å². The third-order valence-corrected chi connectivity index (χ3v) is 4.61. The average Bonchev–Trinajstić information content (AvgIpc) is 3.40. The number of nitrogens with zero attached hydrogens (tertiary/aromatic N) is 3. The number of nitrogens with one attached hydrogen (secondary N) is 1. The van der Waals surface area contributed by atoms with Gasteiger partial charge in [0, 0.05) is 23.2 Å². The van der Waals surface area contributed by atoms with Gasteiger partial charge < -0.3 is 14.3 Å². The average molecular weight is 397 g/mol.